The van der Waals surface area contributed by atoms with Gasteiger partial charge in [-0.15, -0.1) is 0 Å². The van der Waals surface area contributed by atoms with Gasteiger partial charge in [-0.1, -0.05) is 30.1 Å². The molecule has 0 aliphatic rings. The van der Waals surface area contributed by atoms with Crippen LogP contribution < -0.4 is 4.72 Å². The van der Waals surface area contributed by atoms with Crippen LogP contribution in [0.4, 0.5) is 0 Å². The smallest absolute Gasteiger partial charge is 0.337 e. The van der Waals surface area contributed by atoms with Crippen LogP contribution in [0.25, 0.3) is 0 Å². The Morgan fingerprint density at radius 3 is 2.30 bits per heavy atom. The van der Waals surface area contributed by atoms with Crippen LogP contribution >= 0.6 is 23.2 Å². The number of rotatable bonds is 5. The van der Waals surface area contributed by atoms with Crippen molar-refractivity contribution in [2.24, 2.45) is 0 Å². The lowest BCUT2D eigenvalue weighted by Crippen LogP contribution is -2.42. The van der Waals surface area contributed by atoms with E-state index in [2.05, 4.69) is 4.72 Å². The molecule has 8 heteroatoms. The van der Waals surface area contributed by atoms with Crippen molar-refractivity contribution < 1.29 is 18.3 Å². The second kappa shape index (κ2) is 5.89. The standard InChI is InChI=1S/C12H15Cl2NO4S/c1-4-12(2,3)15-20(18,19)10-5-7(11(16)17)8(13)6-9(10)14/h5-6,15H,4H2,1-3H3,(H,16,17). The fraction of sp³-hybridized carbons (Fsp3) is 0.417. The van der Waals surface area contributed by atoms with Crippen molar-refractivity contribution in [3.05, 3.63) is 27.7 Å². The Morgan fingerprint density at radius 1 is 1.30 bits per heavy atom. The summed E-state index contributed by atoms with van der Waals surface area (Å²) in [6.07, 6.45) is 0.559. The largest absolute Gasteiger partial charge is 0.478 e. The van der Waals surface area contributed by atoms with E-state index in [0.29, 0.717) is 6.42 Å². The second-order valence-electron chi connectivity index (χ2n) is 4.91. The molecule has 0 heterocycles. The molecule has 0 saturated carbocycles. The summed E-state index contributed by atoms with van der Waals surface area (Å²) in [7, 11) is -3.94. The summed E-state index contributed by atoms with van der Waals surface area (Å²) < 4.78 is 27.0. The van der Waals surface area contributed by atoms with Crippen molar-refractivity contribution >= 4 is 39.2 Å². The summed E-state index contributed by atoms with van der Waals surface area (Å²) in [6, 6.07) is 2.07. The zero-order valence-corrected chi connectivity index (χ0v) is 13.5. The summed E-state index contributed by atoms with van der Waals surface area (Å²) in [4.78, 5) is 10.7. The quantitative estimate of drug-likeness (QED) is 0.862. The molecule has 2 N–H and O–H groups in total. The minimum Gasteiger partial charge on any atom is -0.478 e. The third kappa shape index (κ3) is 3.85. The number of nitrogens with one attached hydrogen (secondary N) is 1. The summed E-state index contributed by atoms with van der Waals surface area (Å²) in [6.45, 7) is 5.26. The van der Waals surface area contributed by atoms with E-state index in [-0.39, 0.29) is 20.5 Å². The fourth-order valence-electron chi connectivity index (χ4n) is 1.39. The summed E-state index contributed by atoms with van der Waals surface area (Å²) in [5.41, 5.74) is -0.990. The molecule has 1 aromatic rings. The topological polar surface area (TPSA) is 83.5 Å². The molecular formula is C12H15Cl2NO4S. The lowest BCUT2D eigenvalue weighted by Gasteiger charge is -2.24. The van der Waals surface area contributed by atoms with Gasteiger partial charge < -0.3 is 5.11 Å². The first-order chi connectivity index (χ1) is 9.00. The molecule has 0 unspecified atom stereocenters. The minimum atomic E-state index is -3.94. The minimum absolute atomic E-state index is 0.115. The van der Waals surface area contributed by atoms with Gasteiger partial charge in [-0.25, -0.2) is 17.9 Å². The summed E-state index contributed by atoms with van der Waals surface area (Å²) >= 11 is 11.6. The Hall–Kier alpha value is -0.820. The van der Waals surface area contributed by atoms with E-state index in [4.69, 9.17) is 28.3 Å². The molecule has 1 aromatic carbocycles. The van der Waals surface area contributed by atoms with Crippen LogP contribution in [-0.2, 0) is 10.0 Å². The van der Waals surface area contributed by atoms with Crippen LogP contribution in [0.15, 0.2) is 17.0 Å². The number of carboxylic acid groups (broad SMARTS) is 1. The van der Waals surface area contributed by atoms with Gasteiger partial charge in [0, 0.05) is 5.54 Å². The molecule has 0 fully saturated rings. The Labute approximate surface area is 127 Å². The van der Waals surface area contributed by atoms with Gasteiger partial charge in [0.25, 0.3) is 0 Å². The number of aromatic carboxylic acids is 1. The molecule has 0 aliphatic heterocycles. The molecule has 5 nitrogen and oxygen atoms in total. The van der Waals surface area contributed by atoms with E-state index in [1.54, 1.807) is 13.8 Å². The van der Waals surface area contributed by atoms with Gasteiger partial charge in [-0.2, -0.15) is 0 Å². The second-order valence-corrected chi connectivity index (χ2v) is 7.38. The highest BCUT2D eigenvalue weighted by molar-refractivity contribution is 7.89. The average Bonchev–Trinajstić information content (AvgIpc) is 2.26. The Balaban J connectivity index is 3.39. The van der Waals surface area contributed by atoms with E-state index in [1.165, 1.54) is 0 Å². The zero-order chi connectivity index (χ0) is 15.7. The van der Waals surface area contributed by atoms with Crippen LogP contribution in [0.3, 0.4) is 0 Å². The van der Waals surface area contributed by atoms with E-state index < -0.39 is 21.5 Å². The van der Waals surface area contributed by atoms with Crippen LogP contribution in [0.2, 0.25) is 10.0 Å². The third-order valence-corrected chi connectivity index (χ3v) is 5.31. The van der Waals surface area contributed by atoms with E-state index in [1.807, 2.05) is 6.92 Å². The van der Waals surface area contributed by atoms with Crippen molar-refractivity contribution in [3.8, 4) is 0 Å². The molecule has 20 heavy (non-hydrogen) atoms. The first kappa shape index (κ1) is 17.2. The molecule has 0 radical (unpaired) electrons. The highest BCUT2D eigenvalue weighted by Crippen LogP contribution is 2.29. The maximum atomic E-state index is 12.3. The molecule has 0 spiro atoms. The van der Waals surface area contributed by atoms with E-state index >= 15 is 0 Å². The van der Waals surface area contributed by atoms with Gasteiger partial charge in [-0.05, 0) is 32.4 Å². The fourth-order valence-corrected chi connectivity index (χ4v) is 3.73. The number of carboxylic acids is 1. The Bertz CT molecular complexity index is 641. The predicted molar refractivity (Wildman–Crippen MR) is 78.1 cm³/mol. The number of carbonyl (C=O) groups is 1. The maximum Gasteiger partial charge on any atom is 0.337 e. The average molecular weight is 340 g/mol. The van der Waals surface area contributed by atoms with Crippen molar-refractivity contribution in [2.75, 3.05) is 0 Å². The molecule has 0 bridgehead atoms. The Morgan fingerprint density at radius 2 is 1.85 bits per heavy atom. The van der Waals surface area contributed by atoms with E-state index in [0.717, 1.165) is 12.1 Å². The lowest BCUT2D eigenvalue weighted by molar-refractivity contribution is 0.0697. The molecule has 112 valence electrons. The van der Waals surface area contributed by atoms with Gasteiger partial charge in [-0.3, -0.25) is 0 Å². The monoisotopic (exact) mass is 339 g/mol. The van der Waals surface area contributed by atoms with Gasteiger partial charge in [0.15, 0.2) is 0 Å². The van der Waals surface area contributed by atoms with Crippen LogP contribution in [0, 0.1) is 0 Å². The number of benzene rings is 1. The number of hydrogen-bond donors (Lipinski definition) is 2. The summed E-state index contributed by atoms with van der Waals surface area (Å²) in [5, 5.41) is 8.74. The highest BCUT2D eigenvalue weighted by atomic mass is 35.5. The van der Waals surface area contributed by atoms with Gasteiger partial charge in [0.2, 0.25) is 10.0 Å². The van der Waals surface area contributed by atoms with Crippen molar-refractivity contribution in [3.63, 3.8) is 0 Å². The third-order valence-electron chi connectivity index (χ3n) is 2.84. The number of hydrogen-bond acceptors (Lipinski definition) is 3. The van der Waals surface area contributed by atoms with Crippen LogP contribution in [0.5, 0.6) is 0 Å². The SMILES string of the molecule is CCC(C)(C)NS(=O)(=O)c1cc(C(=O)O)c(Cl)cc1Cl. The van der Waals surface area contributed by atoms with Crippen molar-refractivity contribution in [1.82, 2.24) is 4.72 Å². The normalized spacial score (nSPS) is 12.4. The first-order valence-corrected chi connectivity index (χ1v) is 8.00. The lowest BCUT2D eigenvalue weighted by atomic mass is 10.0. The van der Waals surface area contributed by atoms with Gasteiger partial charge in [0.05, 0.1) is 15.6 Å². The highest BCUT2D eigenvalue weighted by Gasteiger charge is 2.28. The van der Waals surface area contributed by atoms with Gasteiger partial charge >= 0.3 is 5.97 Å². The molecule has 0 amide bonds. The first-order valence-electron chi connectivity index (χ1n) is 5.76. The maximum absolute atomic E-state index is 12.3. The molecule has 0 aliphatic carbocycles. The van der Waals surface area contributed by atoms with Crippen LogP contribution in [0.1, 0.15) is 37.6 Å². The predicted octanol–water partition coefficient (Wildman–Crippen LogP) is 3.16. The summed E-state index contributed by atoms with van der Waals surface area (Å²) in [5.74, 6) is -1.32. The van der Waals surface area contributed by atoms with Crippen LogP contribution in [-0.4, -0.2) is 25.0 Å². The molecule has 0 atom stereocenters. The van der Waals surface area contributed by atoms with Crippen molar-refractivity contribution in [2.45, 2.75) is 37.6 Å². The zero-order valence-electron chi connectivity index (χ0n) is 11.2. The molecule has 1 rings (SSSR count). The molecule has 0 aromatic heterocycles. The Kier molecular flexibility index (Phi) is 5.08. The number of halogens is 2. The molecular weight excluding hydrogens is 325 g/mol. The van der Waals surface area contributed by atoms with Crippen molar-refractivity contribution in [1.29, 1.82) is 0 Å². The molecule has 0 saturated heterocycles. The van der Waals surface area contributed by atoms with Gasteiger partial charge in [0.1, 0.15) is 4.90 Å². The number of sulfonamides is 1. The van der Waals surface area contributed by atoms with E-state index in [9.17, 15) is 13.2 Å².